The van der Waals surface area contributed by atoms with Crippen molar-refractivity contribution in [3.63, 3.8) is 0 Å². The van der Waals surface area contributed by atoms with Crippen molar-refractivity contribution in [1.29, 1.82) is 0 Å². The number of nitrogens with one attached hydrogen (secondary N) is 1. The Kier molecular flexibility index (Phi) is 10.5. The summed E-state index contributed by atoms with van der Waals surface area (Å²) in [5.74, 6) is 3.07. The summed E-state index contributed by atoms with van der Waals surface area (Å²) in [6.07, 6.45) is 16.1. The van der Waals surface area contributed by atoms with E-state index in [2.05, 4.69) is 25.1 Å². The van der Waals surface area contributed by atoms with E-state index in [0.717, 1.165) is 65.7 Å². The number of ether oxygens (including phenoxy) is 1. The number of carbonyl (C=O) groups is 1. The molecule has 4 rings (SSSR count). The summed E-state index contributed by atoms with van der Waals surface area (Å²) in [6, 6.07) is 5.73. The number of rotatable bonds is 13. The Balaban J connectivity index is 1.33. The van der Waals surface area contributed by atoms with Gasteiger partial charge in [0, 0.05) is 0 Å². The summed E-state index contributed by atoms with van der Waals surface area (Å²) in [7, 11) is 0. The van der Waals surface area contributed by atoms with Crippen molar-refractivity contribution in [1.82, 2.24) is 0 Å². The highest BCUT2D eigenvalue weighted by atomic mass is 16.5. The van der Waals surface area contributed by atoms with Gasteiger partial charge >= 0.3 is 5.97 Å². The molecule has 3 aliphatic rings. The van der Waals surface area contributed by atoms with Crippen LogP contribution >= 0.6 is 0 Å². The first-order valence-corrected chi connectivity index (χ1v) is 15.2. The van der Waals surface area contributed by atoms with Crippen LogP contribution < -0.4 is 5.48 Å². The summed E-state index contributed by atoms with van der Waals surface area (Å²) in [5.41, 5.74) is 7.08. The van der Waals surface area contributed by atoms with Crippen molar-refractivity contribution in [2.45, 2.75) is 103 Å². The van der Waals surface area contributed by atoms with Gasteiger partial charge in [-0.15, -0.1) is 0 Å². The zero-order chi connectivity index (χ0) is 27.1. The van der Waals surface area contributed by atoms with Gasteiger partial charge in [0.25, 0.3) is 0 Å². The fraction of sp³-hybridized carbons (Fsp3) is 0.667. The van der Waals surface area contributed by atoms with E-state index in [1.807, 2.05) is 25.1 Å². The fourth-order valence-electron chi connectivity index (χ4n) is 7.73. The molecule has 2 saturated carbocycles. The standard InChI is InChI=1S/C33H49NO4/c1-4-38-33(36)20-26(16-15-25-19-23(3)29-18-17-27(34-37)21-31(25)29)32(35)14-7-9-22(2)28-13-8-11-24-10-5-6-12-30(24)28/h17-19,21-22,24,26,28,30,32,34-35,37H,3-16,20H2,1-2H3. The number of aliphatic hydroxyl groups is 1. The summed E-state index contributed by atoms with van der Waals surface area (Å²) in [5, 5.41) is 20.6. The minimum Gasteiger partial charge on any atom is -0.466 e. The Bertz CT molecular complexity index is 983. The average Bonchev–Trinajstić information content (AvgIpc) is 3.24. The van der Waals surface area contributed by atoms with Crippen LogP contribution in [0.1, 0.15) is 108 Å². The lowest BCUT2D eigenvalue weighted by atomic mass is 9.62. The molecule has 0 amide bonds. The van der Waals surface area contributed by atoms with E-state index in [1.165, 1.54) is 44.9 Å². The molecule has 6 unspecified atom stereocenters. The summed E-state index contributed by atoms with van der Waals surface area (Å²) in [4.78, 5) is 12.4. The summed E-state index contributed by atoms with van der Waals surface area (Å²) in [6.45, 7) is 8.80. The lowest BCUT2D eigenvalue weighted by molar-refractivity contribution is -0.145. The Hall–Kier alpha value is -2.11. The molecule has 2 fully saturated rings. The van der Waals surface area contributed by atoms with Crippen molar-refractivity contribution < 1.29 is 19.8 Å². The van der Waals surface area contributed by atoms with Gasteiger partial charge in [0.1, 0.15) is 0 Å². The van der Waals surface area contributed by atoms with Crippen LogP contribution in [0, 0.1) is 29.6 Å². The predicted octanol–water partition coefficient (Wildman–Crippen LogP) is 8.02. The first kappa shape index (κ1) is 28.9. The Morgan fingerprint density at radius 3 is 2.68 bits per heavy atom. The molecule has 1 aromatic carbocycles. The number of allylic oxidation sites excluding steroid dienone is 3. The van der Waals surface area contributed by atoms with Crippen LogP contribution in [-0.2, 0) is 9.53 Å². The van der Waals surface area contributed by atoms with Crippen molar-refractivity contribution in [3.05, 3.63) is 42.0 Å². The van der Waals surface area contributed by atoms with Crippen molar-refractivity contribution >= 4 is 22.8 Å². The third-order valence-corrected chi connectivity index (χ3v) is 9.77. The largest absolute Gasteiger partial charge is 0.466 e. The normalized spacial score (nSPS) is 25.1. The maximum absolute atomic E-state index is 12.4. The molecule has 0 aliphatic heterocycles. The average molecular weight is 524 g/mol. The molecule has 0 saturated heterocycles. The first-order chi connectivity index (χ1) is 18.4. The number of fused-ring (bicyclic) bond motifs is 2. The number of esters is 1. The highest BCUT2D eigenvalue weighted by molar-refractivity contribution is 5.95. The Morgan fingerprint density at radius 1 is 1.11 bits per heavy atom. The van der Waals surface area contributed by atoms with Crippen LogP contribution in [0.15, 0.2) is 30.9 Å². The highest BCUT2D eigenvalue weighted by Crippen LogP contribution is 2.47. The van der Waals surface area contributed by atoms with Gasteiger partial charge in [0.05, 0.1) is 24.8 Å². The zero-order valence-corrected chi connectivity index (χ0v) is 23.6. The number of carbonyl (C=O) groups excluding carboxylic acids is 1. The van der Waals surface area contributed by atoms with Crippen LogP contribution in [0.5, 0.6) is 0 Å². The molecule has 5 heteroatoms. The van der Waals surface area contributed by atoms with Gasteiger partial charge in [-0.05, 0) is 103 Å². The third kappa shape index (κ3) is 7.09. The van der Waals surface area contributed by atoms with Crippen LogP contribution in [0.3, 0.4) is 0 Å². The third-order valence-electron chi connectivity index (χ3n) is 9.77. The van der Waals surface area contributed by atoms with Gasteiger partial charge in [-0.1, -0.05) is 70.6 Å². The second-order valence-electron chi connectivity index (χ2n) is 12.2. The molecule has 0 heterocycles. The van der Waals surface area contributed by atoms with Crippen LogP contribution in [0.2, 0.25) is 0 Å². The van der Waals surface area contributed by atoms with E-state index in [9.17, 15) is 15.1 Å². The molecule has 0 spiro atoms. The lowest BCUT2D eigenvalue weighted by Gasteiger charge is -2.44. The monoisotopic (exact) mass is 523 g/mol. The second-order valence-corrected chi connectivity index (χ2v) is 12.2. The molecule has 3 N–H and O–H groups in total. The molecular formula is C33H49NO4. The van der Waals surface area contributed by atoms with Gasteiger partial charge in [-0.2, -0.15) is 0 Å². The van der Waals surface area contributed by atoms with Gasteiger partial charge < -0.3 is 9.84 Å². The minimum absolute atomic E-state index is 0.140. The molecule has 3 aliphatic carbocycles. The Morgan fingerprint density at radius 2 is 1.89 bits per heavy atom. The zero-order valence-electron chi connectivity index (χ0n) is 23.6. The fourth-order valence-corrected chi connectivity index (χ4v) is 7.73. The molecule has 38 heavy (non-hydrogen) atoms. The molecule has 210 valence electrons. The number of benzene rings is 1. The molecule has 6 atom stereocenters. The molecule has 5 nitrogen and oxygen atoms in total. The molecular weight excluding hydrogens is 474 g/mol. The second kappa shape index (κ2) is 13.8. The lowest BCUT2D eigenvalue weighted by Crippen LogP contribution is -2.34. The first-order valence-electron chi connectivity index (χ1n) is 15.2. The van der Waals surface area contributed by atoms with Crippen molar-refractivity contribution in [2.24, 2.45) is 29.6 Å². The molecule has 0 radical (unpaired) electrons. The molecule has 0 aromatic heterocycles. The van der Waals surface area contributed by atoms with E-state index < -0.39 is 6.10 Å². The minimum atomic E-state index is -0.518. The SMILES string of the molecule is C=C1C=C(CCC(CC(=O)OCC)C(O)CCCC(C)C2CCCC3CCCCC32)c2cc(NO)ccc21. The van der Waals surface area contributed by atoms with Gasteiger partial charge in [-0.3, -0.25) is 15.5 Å². The van der Waals surface area contributed by atoms with Crippen molar-refractivity contribution in [2.75, 3.05) is 12.1 Å². The molecule has 0 bridgehead atoms. The predicted molar refractivity (Wildman–Crippen MR) is 155 cm³/mol. The molecule has 1 aromatic rings. The number of hydrogen-bond acceptors (Lipinski definition) is 5. The quantitative estimate of drug-likeness (QED) is 0.180. The topological polar surface area (TPSA) is 78.8 Å². The van der Waals surface area contributed by atoms with Crippen LogP contribution in [-0.4, -0.2) is 29.0 Å². The summed E-state index contributed by atoms with van der Waals surface area (Å²) < 4.78 is 5.26. The number of anilines is 1. The van der Waals surface area contributed by atoms with Crippen LogP contribution in [0.25, 0.3) is 11.1 Å². The smallest absolute Gasteiger partial charge is 0.306 e. The summed E-state index contributed by atoms with van der Waals surface area (Å²) >= 11 is 0. The van der Waals surface area contributed by atoms with Gasteiger partial charge in [-0.25, -0.2) is 0 Å². The van der Waals surface area contributed by atoms with Crippen molar-refractivity contribution in [3.8, 4) is 0 Å². The van der Waals surface area contributed by atoms with E-state index in [4.69, 9.17) is 4.74 Å². The Labute approximate surface area is 229 Å². The van der Waals surface area contributed by atoms with Crippen LogP contribution in [0.4, 0.5) is 5.69 Å². The number of aliphatic hydroxyl groups excluding tert-OH is 1. The van der Waals surface area contributed by atoms with E-state index in [-0.39, 0.29) is 18.3 Å². The van der Waals surface area contributed by atoms with E-state index in [0.29, 0.717) is 24.6 Å². The maximum atomic E-state index is 12.4. The highest BCUT2D eigenvalue weighted by Gasteiger charge is 2.37. The number of hydrogen-bond donors (Lipinski definition) is 3. The van der Waals surface area contributed by atoms with Gasteiger partial charge in [0.15, 0.2) is 0 Å². The maximum Gasteiger partial charge on any atom is 0.306 e. The van der Waals surface area contributed by atoms with Gasteiger partial charge in [0.2, 0.25) is 0 Å². The van der Waals surface area contributed by atoms with E-state index in [1.54, 1.807) is 0 Å². The van der Waals surface area contributed by atoms with E-state index >= 15 is 0 Å².